The Kier molecular flexibility index (Phi) is 6.45. The van der Waals surface area contributed by atoms with Crippen molar-refractivity contribution < 1.29 is 19.4 Å². The highest BCUT2D eigenvalue weighted by Crippen LogP contribution is 2.39. The Balaban J connectivity index is 0.00000308. The maximum absolute atomic E-state index is 13.5. The number of ether oxygens (including phenoxy) is 1. The monoisotopic (exact) mass is 545 g/mol. The highest BCUT2D eigenvalue weighted by Gasteiger charge is 2.45. The number of carbonyl (C=O) groups excluding carboxylic acids is 2. The van der Waals surface area contributed by atoms with Gasteiger partial charge in [0.1, 0.15) is 6.61 Å². The van der Waals surface area contributed by atoms with E-state index in [1.165, 1.54) is 0 Å². The number of benzene rings is 2. The largest absolute Gasteiger partial charge is 0.458 e. The summed E-state index contributed by atoms with van der Waals surface area (Å²) in [6.07, 6.45) is 1.61. The fourth-order valence-electron chi connectivity index (χ4n) is 5.06. The standard InChI is InChI=1S/C28H23N5O5.ClH/c1-2-28(37)21-11-23-24-19(13-33(23)26(35)20(21)14-38-27(28)36)18(17-5-3-4-6-22(17)31-24)12-30-32-25(34)15-7-9-16(29)10-8-15;/h3-12,37H,2,13-14,29H2,1H3,(H,32,34);1H/b30-12+;/t28-;/m0./s1. The third-order valence-electron chi connectivity index (χ3n) is 7.17. The quantitative estimate of drug-likeness (QED) is 0.136. The minimum absolute atomic E-state index is 0. The van der Waals surface area contributed by atoms with Crippen molar-refractivity contribution in [2.45, 2.75) is 32.1 Å². The predicted molar refractivity (Wildman–Crippen MR) is 148 cm³/mol. The molecule has 4 aromatic rings. The topological polar surface area (TPSA) is 149 Å². The Morgan fingerprint density at radius 1 is 1.21 bits per heavy atom. The summed E-state index contributed by atoms with van der Waals surface area (Å²) >= 11 is 0. The molecule has 0 saturated heterocycles. The average molecular weight is 546 g/mol. The van der Waals surface area contributed by atoms with Gasteiger partial charge in [0, 0.05) is 33.3 Å². The number of para-hydroxylation sites is 1. The number of hydrazone groups is 1. The van der Waals surface area contributed by atoms with E-state index in [0.29, 0.717) is 33.7 Å². The van der Waals surface area contributed by atoms with Gasteiger partial charge in [0.2, 0.25) is 0 Å². The van der Waals surface area contributed by atoms with Crippen LogP contribution < -0.4 is 16.7 Å². The fraction of sp³-hybridized carbons (Fsp3) is 0.179. The number of nitrogens with one attached hydrogen (secondary N) is 1. The molecular weight excluding hydrogens is 522 g/mol. The number of hydrogen-bond acceptors (Lipinski definition) is 8. The van der Waals surface area contributed by atoms with Crippen molar-refractivity contribution in [3.63, 3.8) is 0 Å². The molecule has 198 valence electrons. The van der Waals surface area contributed by atoms with Gasteiger partial charge in [0.15, 0.2) is 5.60 Å². The molecule has 11 heteroatoms. The van der Waals surface area contributed by atoms with Gasteiger partial charge in [-0.25, -0.2) is 15.2 Å². The molecule has 0 spiro atoms. The van der Waals surface area contributed by atoms with E-state index in [-0.39, 0.29) is 48.7 Å². The van der Waals surface area contributed by atoms with Crippen LogP contribution in [0.2, 0.25) is 0 Å². The van der Waals surface area contributed by atoms with Gasteiger partial charge in [0.25, 0.3) is 11.5 Å². The van der Waals surface area contributed by atoms with Crippen LogP contribution in [0.4, 0.5) is 5.69 Å². The molecule has 0 radical (unpaired) electrons. The molecule has 2 aromatic carbocycles. The summed E-state index contributed by atoms with van der Waals surface area (Å²) in [5, 5.41) is 16.1. The van der Waals surface area contributed by atoms with Crippen LogP contribution in [0.5, 0.6) is 0 Å². The lowest BCUT2D eigenvalue weighted by molar-refractivity contribution is -0.172. The highest BCUT2D eigenvalue weighted by molar-refractivity contribution is 6.03. The molecule has 0 aliphatic carbocycles. The molecule has 1 atom stereocenters. The van der Waals surface area contributed by atoms with Gasteiger partial charge in [-0.05, 0) is 42.8 Å². The Labute approximate surface area is 228 Å². The molecule has 0 fully saturated rings. The normalized spacial score (nSPS) is 17.2. The van der Waals surface area contributed by atoms with E-state index in [4.69, 9.17) is 15.5 Å². The second kappa shape index (κ2) is 9.64. The Morgan fingerprint density at radius 3 is 2.69 bits per heavy atom. The van der Waals surface area contributed by atoms with Crippen molar-refractivity contribution in [2.75, 3.05) is 5.73 Å². The highest BCUT2D eigenvalue weighted by atomic mass is 35.5. The lowest BCUT2D eigenvalue weighted by atomic mass is 9.86. The maximum atomic E-state index is 13.5. The number of esters is 1. The van der Waals surface area contributed by atoms with E-state index in [9.17, 15) is 19.5 Å². The summed E-state index contributed by atoms with van der Waals surface area (Å²) < 4.78 is 6.71. The van der Waals surface area contributed by atoms with Gasteiger partial charge in [-0.3, -0.25) is 9.59 Å². The third kappa shape index (κ3) is 4.05. The molecular formula is C28H24ClN5O5. The zero-order valence-corrected chi connectivity index (χ0v) is 21.6. The molecule has 39 heavy (non-hydrogen) atoms. The van der Waals surface area contributed by atoms with E-state index in [1.807, 2.05) is 24.3 Å². The molecule has 0 unspecified atom stereocenters. The van der Waals surface area contributed by atoms with Gasteiger partial charge < -0.3 is 20.1 Å². The molecule has 4 N–H and O–H groups in total. The van der Waals surface area contributed by atoms with Crippen molar-refractivity contribution in [2.24, 2.45) is 5.10 Å². The van der Waals surface area contributed by atoms with E-state index in [2.05, 4.69) is 10.5 Å². The number of halogens is 1. The number of anilines is 1. The molecule has 2 aromatic heterocycles. The second-order valence-electron chi connectivity index (χ2n) is 9.29. The molecule has 10 nitrogen and oxygen atoms in total. The molecule has 1 amide bonds. The van der Waals surface area contributed by atoms with E-state index >= 15 is 0 Å². The number of carbonyl (C=O) groups is 2. The van der Waals surface area contributed by atoms with Gasteiger partial charge in [-0.1, -0.05) is 25.1 Å². The SMILES string of the molecule is CC[C@@]1(O)C(=O)OCc2c1cc1n(c2=O)Cc2c-1nc1ccccc1c2/C=N/NC(=O)c1ccc(N)cc1.Cl. The van der Waals surface area contributed by atoms with Crippen molar-refractivity contribution in [3.8, 4) is 11.4 Å². The summed E-state index contributed by atoms with van der Waals surface area (Å²) in [4.78, 5) is 43.3. The molecule has 6 rings (SSSR count). The minimum Gasteiger partial charge on any atom is -0.458 e. The Morgan fingerprint density at radius 2 is 1.95 bits per heavy atom. The lowest BCUT2D eigenvalue weighted by Crippen LogP contribution is -2.44. The third-order valence-corrected chi connectivity index (χ3v) is 7.17. The van der Waals surface area contributed by atoms with Crippen LogP contribution in [0.1, 0.15) is 46.0 Å². The number of aliphatic hydroxyl groups is 1. The van der Waals surface area contributed by atoms with Gasteiger partial charge in [-0.2, -0.15) is 5.10 Å². The summed E-state index contributed by atoms with van der Waals surface area (Å²) in [6.45, 7) is 1.67. The van der Waals surface area contributed by atoms with Crippen LogP contribution in [0.15, 0.2) is 64.5 Å². The van der Waals surface area contributed by atoms with Crippen LogP contribution in [0.25, 0.3) is 22.3 Å². The molecule has 0 bridgehead atoms. The Hall–Kier alpha value is -4.54. The number of amides is 1. The van der Waals surface area contributed by atoms with Crippen LogP contribution in [0, 0.1) is 0 Å². The number of nitrogen functional groups attached to an aromatic ring is 1. The number of aromatic nitrogens is 2. The second-order valence-corrected chi connectivity index (χ2v) is 9.29. The van der Waals surface area contributed by atoms with E-state index < -0.39 is 17.5 Å². The summed E-state index contributed by atoms with van der Waals surface area (Å²) in [6, 6.07) is 15.6. The first kappa shape index (κ1) is 26.1. The first-order chi connectivity index (χ1) is 18.3. The average Bonchev–Trinajstić information content (AvgIpc) is 3.29. The van der Waals surface area contributed by atoms with E-state index in [0.717, 1.165) is 10.9 Å². The van der Waals surface area contributed by atoms with Crippen LogP contribution in [0.3, 0.4) is 0 Å². The number of fused-ring (bicyclic) bond motifs is 5. The summed E-state index contributed by atoms with van der Waals surface area (Å²) in [5.74, 6) is -1.17. The fourth-order valence-corrected chi connectivity index (χ4v) is 5.06. The van der Waals surface area contributed by atoms with Crippen LogP contribution in [-0.2, 0) is 28.3 Å². The first-order valence-electron chi connectivity index (χ1n) is 12.1. The molecule has 0 saturated carbocycles. The van der Waals surface area contributed by atoms with Crippen molar-refractivity contribution in [3.05, 3.63) is 92.8 Å². The minimum atomic E-state index is -1.90. The maximum Gasteiger partial charge on any atom is 0.343 e. The van der Waals surface area contributed by atoms with Crippen molar-refractivity contribution in [1.29, 1.82) is 0 Å². The summed E-state index contributed by atoms with van der Waals surface area (Å²) in [7, 11) is 0. The number of nitrogens with two attached hydrogens (primary N) is 1. The first-order valence-corrected chi connectivity index (χ1v) is 12.1. The number of hydrogen-bond donors (Lipinski definition) is 3. The van der Waals surface area contributed by atoms with Gasteiger partial charge in [-0.15, -0.1) is 12.4 Å². The smallest absolute Gasteiger partial charge is 0.343 e. The summed E-state index contributed by atoms with van der Waals surface area (Å²) in [5.41, 5.74) is 10.6. The molecule has 2 aliphatic rings. The van der Waals surface area contributed by atoms with Crippen molar-refractivity contribution >= 4 is 47.1 Å². The lowest BCUT2D eigenvalue weighted by Gasteiger charge is -2.31. The zero-order chi connectivity index (χ0) is 26.6. The van der Waals surface area contributed by atoms with Crippen molar-refractivity contribution in [1.82, 2.24) is 15.0 Å². The molecule has 2 aliphatic heterocycles. The number of nitrogens with zero attached hydrogens (tertiary/aromatic N) is 3. The number of pyridine rings is 2. The predicted octanol–water partition coefficient (Wildman–Crippen LogP) is 2.85. The number of cyclic esters (lactones) is 1. The number of rotatable bonds is 4. The van der Waals surface area contributed by atoms with Crippen LogP contribution >= 0.6 is 12.4 Å². The van der Waals surface area contributed by atoms with Crippen LogP contribution in [-0.4, -0.2) is 32.7 Å². The zero-order valence-electron chi connectivity index (χ0n) is 20.8. The Bertz CT molecular complexity index is 1750. The van der Waals surface area contributed by atoms with E-state index in [1.54, 1.807) is 48.0 Å². The molecule has 4 heterocycles. The van der Waals surface area contributed by atoms with Gasteiger partial charge >= 0.3 is 5.97 Å². The van der Waals surface area contributed by atoms with Gasteiger partial charge in [0.05, 0.1) is 35.2 Å².